The Morgan fingerprint density at radius 2 is 0.971 bits per heavy atom. The highest BCUT2D eigenvalue weighted by atomic mass is 16.3. The van der Waals surface area contributed by atoms with Crippen molar-refractivity contribution in [2.24, 2.45) is 0 Å². The Kier molecular flexibility index (Phi) is 6.55. The zero-order chi connectivity index (χ0) is 24.9. The maximum Gasteiger partial charge on any atom is 0.255 e. The normalized spacial score (nSPS) is 10.5. The van der Waals surface area contributed by atoms with E-state index in [2.05, 4.69) is 10.6 Å². The van der Waals surface area contributed by atoms with Gasteiger partial charge in [0, 0.05) is 22.5 Å². The minimum absolute atomic E-state index is 0.0697. The van der Waals surface area contributed by atoms with Gasteiger partial charge in [0.05, 0.1) is 11.4 Å². The van der Waals surface area contributed by atoms with Gasteiger partial charge in [-0.1, -0.05) is 12.1 Å². The van der Waals surface area contributed by atoms with Gasteiger partial charge in [-0.05, 0) is 90.3 Å². The number of phenols is 2. The zero-order valence-electron chi connectivity index (χ0n) is 18.7. The van der Waals surface area contributed by atoms with Crippen LogP contribution in [0.3, 0.4) is 0 Å². The molecule has 4 aromatic rings. The van der Waals surface area contributed by atoms with Crippen LogP contribution in [0.15, 0.2) is 84.9 Å². The summed E-state index contributed by atoms with van der Waals surface area (Å²) in [6.07, 6.45) is 0.427. The Morgan fingerprint density at radius 1 is 0.600 bits per heavy atom. The second-order valence-electron chi connectivity index (χ2n) is 8.03. The first kappa shape index (κ1) is 23.2. The van der Waals surface area contributed by atoms with Gasteiger partial charge in [0.15, 0.2) is 0 Å². The Bertz CT molecular complexity index is 1280. The largest absolute Gasteiger partial charge is 0.506 e. The molecule has 0 aliphatic heterocycles. The third-order valence-electron chi connectivity index (χ3n) is 5.37. The summed E-state index contributed by atoms with van der Waals surface area (Å²) in [6.45, 7) is 0. The van der Waals surface area contributed by atoms with E-state index in [0.717, 1.165) is 11.1 Å². The van der Waals surface area contributed by atoms with Crippen molar-refractivity contribution in [3.63, 3.8) is 0 Å². The number of nitrogen functional groups attached to an aromatic ring is 2. The van der Waals surface area contributed by atoms with Gasteiger partial charge in [-0.25, -0.2) is 0 Å². The van der Waals surface area contributed by atoms with Crippen LogP contribution in [0.5, 0.6) is 11.5 Å². The van der Waals surface area contributed by atoms with E-state index in [-0.39, 0.29) is 34.7 Å². The first-order chi connectivity index (χ1) is 16.8. The summed E-state index contributed by atoms with van der Waals surface area (Å²) in [5.41, 5.74) is 15.4. The standard InChI is InChI=1S/C27H24N4O4/c28-20-7-3-18(4-8-20)26(34)30-22-14-16(1-11-24(22)32)13-17-2-12-25(33)23(15-17)31-27(35)19-5-9-21(29)10-6-19/h1-12,14-15,32-33H,13,28-29H2,(H,30,34)(H,31,35). The van der Waals surface area contributed by atoms with Crippen LogP contribution in [0.25, 0.3) is 0 Å². The van der Waals surface area contributed by atoms with Gasteiger partial charge in [-0.2, -0.15) is 0 Å². The molecule has 8 heteroatoms. The Morgan fingerprint density at radius 3 is 1.34 bits per heavy atom. The van der Waals surface area contributed by atoms with Gasteiger partial charge in [0.2, 0.25) is 0 Å². The van der Waals surface area contributed by atoms with Crippen LogP contribution < -0.4 is 22.1 Å². The fourth-order valence-electron chi connectivity index (χ4n) is 3.48. The molecule has 0 saturated carbocycles. The summed E-state index contributed by atoms with van der Waals surface area (Å²) >= 11 is 0. The number of hydrogen-bond acceptors (Lipinski definition) is 6. The predicted molar refractivity (Wildman–Crippen MR) is 137 cm³/mol. The molecule has 0 aliphatic rings. The first-order valence-corrected chi connectivity index (χ1v) is 10.8. The van der Waals surface area contributed by atoms with Crippen LogP contribution in [0.2, 0.25) is 0 Å². The minimum atomic E-state index is -0.380. The van der Waals surface area contributed by atoms with Gasteiger partial charge in [-0.15, -0.1) is 0 Å². The quantitative estimate of drug-likeness (QED) is 0.183. The number of aromatic hydroxyl groups is 2. The molecule has 4 aromatic carbocycles. The van der Waals surface area contributed by atoms with Crippen molar-refractivity contribution >= 4 is 34.6 Å². The van der Waals surface area contributed by atoms with E-state index in [1.807, 2.05) is 0 Å². The highest BCUT2D eigenvalue weighted by Gasteiger charge is 2.12. The summed E-state index contributed by atoms with van der Waals surface area (Å²) in [6, 6.07) is 22.7. The van der Waals surface area contributed by atoms with Crippen molar-refractivity contribution in [1.29, 1.82) is 0 Å². The Labute approximate surface area is 201 Å². The smallest absolute Gasteiger partial charge is 0.255 e. The van der Waals surface area contributed by atoms with Crippen LogP contribution in [0.1, 0.15) is 31.8 Å². The molecule has 0 heterocycles. The van der Waals surface area contributed by atoms with Gasteiger partial charge in [0.1, 0.15) is 11.5 Å². The molecule has 2 amide bonds. The lowest BCUT2D eigenvalue weighted by molar-refractivity contribution is 0.101. The van der Waals surface area contributed by atoms with Crippen LogP contribution in [0.4, 0.5) is 22.7 Å². The lowest BCUT2D eigenvalue weighted by Crippen LogP contribution is -2.12. The monoisotopic (exact) mass is 468 g/mol. The maximum absolute atomic E-state index is 12.5. The molecule has 0 bridgehead atoms. The second-order valence-corrected chi connectivity index (χ2v) is 8.03. The van der Waals surface area contributed by atoms with Crippen molar-refractivity contribution in [2.45, 2.75) is 6.42 Å². The van der Waals surface area contributed by atoms with Crippen molar-refractivity contribution in [1.82, 2.24) is 0 Å². The summed E-state index contributed by atoms with van der Waals surface area (Å²) in [4.78, 5) is 25.1. The summed E-state index contributed by atoms with van der Waals surface area (Å²) in [5.74, 6) is -0.899. The number of nitrogens with two attached hydrogens (primary N) is 2. The summed E-state index contributed by atoms with van der Waals surface area (Å²) < 4.78 is 0. The fraction of sp³-hybridized carbons (Fsp3) is 0.0370. The molecule has 0 aromatic heterocycles. The van der Waals surface area contributed by atoms with Gasteiger partial charge < -0.3 is 32.3 Å². The zero-order valence-corrected chi connectivity index (χ0v) is 18.7. The molecule has 4 rings (SSSR count). The number of carbonyl (C=O) groups excluding carboxylic acids is 2. The highest BCUT2D eigenvalue weighted by Crippen LogP contribution is 2.29. The SMILES string of the molecule is Nc1ccc(C(=O)Nc2cc(Cc3ccc(O)c(NC(=O)c4ccc(N)cc4)c3)ccc2O)cc1. The first-order valence-electron chi connectivity index (χ1n) is 10.8. The Balaban J connectivity index is 1.50. The van der Waals surface area contributed by atoms with Gasteiger partial charge in [0.25, 0.3) is 11.8 Å². The molecule has 0 radical (unpaired) electrons. The average molecular weight is 469 g/mol. The molecule has 8 N–H and O–H groups in total. The molecule has 0 saturated heterocycles. The summed E-state index contributed by atoms with van der Waals surface area (Å²) in [5, 5.41) is 25.9. The number of phenolic OH excluding ortho intramolecular Hbond substituents is 2. The number of nitrogens with one attached hydrogen (secondary N) is 2. The molecule has 35 heavy (non-hydrogen) atoms. The lowest BCUT2D eigenvalue weighted by atomic mass is 10.0. The van der Waals surface area contributed by atoms with E-state index in [1.54, 1.807) is 72.8 Å². The second kappa shape index (κ2) is 9.88. The van der Waals surface area contributed by atoms with E-state index in [4.69, 9.17) is 11.5 Å². The van der Waals surface area contributed by atoms with Crippen LogP contribution in [0, 0.1) is 0 Å². The van der Waals surface area contributed by atoms with Crippen molar-refractivity contribution in [3.8, 4) is 11.5 Å². The molecule has 0 spiro atoms. The maximum atomic E-state index is 12.5. The third kappa shape index (κ3) is 5.69. The Hall–Kier alpha value is -4.98. The molecular formula is C27H24N4O4. The number of amides is 2. The number of anilines is 4. The molecule has 0 unspecified atom stereocenters. The highest BCUT2D eigenvalue weighted by molar-refractivity contribution is 6.06. The van der Waals surface area contributed by atoms with Crippen LogP contribution >= 0.6 is 0 Å². The molecule has 8 nitrogen and oxygen atoms in total. The van der Waals surface area contributed by atoms with Gasteiger partial charge in [-0.3, -0.25) is 9.59 Å². The van der Waals surface area contributed by atoms with E-state index >= 15 is 0 Å². The number of benzene rings is 4. The minimum Gasteiger partial charge on any atom is -0.506 e. The van der Waals surface area contributed by atoms with E-state index < -0.39 is 0 Å². The number of carbonyl (C=O) groups is 2. The number of rotatable bonds is 6. The van der Waals surface area contributed by atoms with Crippen LogP contribution in [-0.4, -0.2) is 22.0 Å². The van der Waals surface area contributed by atoms with Crippen LogP contribution in [-0.2, 0) is 6.42 Å². The molecular weight excluding hydrogens is 444 g/mol. The summed E-state index contributed by atoms with van der Waals surface area (Å²) in [7, 11) is 0. The van der Waals surface area contributed by atoms with E-state index in [0.29, 0.717) is 28.9 Å². The average Bonchev–Trinajstić information content (AvgIpc) is 2.84. The number of hydrogen-bond donors (Lipinski definition) is 6. The molecule has 0 fully saturated rings. The predicted octanol–water partition coefficient (Wildman–Crippen LogP) is 4.36. The third-order valence-corrected chi connectivity index (χ3v) is 5.37. The van der Waals surface area contributed by atoms with E-state index in [1.165, 1.54) is 12.1 Å². The van der Waals surface area contributed by atoms with Crippen molar-refractivity contribution in [3.05, 3.63) is 107 Å². The van der Waals surface area contributed by atoms with Crippen molar-refractivity contribution < 1.29 is 19.8 Å². The molecule has 0 aliphatic carbocycles. The topological polar surface area (TPSA) is 151 Å². The fourth-order valence-corrected chi connectivity index (χ4v) is 3.48. The molecule has 176 valence electrons. The van der Waals surface area contributed by atoms with Crippen molar-refractivity contribution in [2.75, 3.05) is 22.1 Å². The molecule has 0 atom stereocenters. The van der Waals surface area contributed by atoms with E-state index in [9.17, 15) is 19.8 Å². The lowest BCUT2D eigenvalue weighted by Gasteiger charge is -2.12. The van der Waals surface area contributed by atoms with Gasteiger partial charge >= 0.3 is 0 Å².